The summed E-state index contributed by atoms with van der Waals surface area (Å²) in [6, 6.07) is 2.43. The maximum Gasteiger partial charge on any atom is 0.129 e. The van der Waals surface area contributed by atoms with Gasteiger partial charge in [0.2, 0.25) is 0 Å². The number of nitrogens with zero attached hydrogens (tertiary/aromatic N) is 1. The molecule has 0 aliphatic heterocycles. The van der Waals surface area contributed by atoms with Crippen molar-refractivity contribution < 1.29 is 0 Å². The molecule has 1 heterocycles. The quantitative estimate of drug-likeness (QED) is 0.832. The number of aromatic nitrogens is 1. The lowest BCUT2D eigenvalue weighted by molar-refractivity contribution is 0.468. The number of halogens is 2. The Bertz CT molecular complexity index is 370. The molecule has 1 aliphatic rings. The van der Waals surface area contributed by atoms with Gasteiger partial charge < -0.3 is 5.32 Å². The van der Waals surface area contributed by atoms with E-state index in [9.17, 15) is 0 Å². The molecule has 1 N–H and O–H groups in total. The molecule has 2 atom stereocenters. The first kappa shape index (κ1) is 12.2. The van der Waals surface area contributed by atoms with E-state index in [1.807, 2.05) is 6.20 Å². The van der Waals surface area contributed by atoms with Crippen LogP contribution < -0.4 is 5.32 Å². The molecule has 0 bridgehead atoms. The van der Waals surface area contributed by atoms with Crippen LogP contribution in [0.2, 0.25) is 0 Å². The lowest BCUT2D eigenvalue weighted by Crippen LogP contribution is -2.33. The van der Waals surface area contributed by atoms with Crippen molar-refractivity contribution in [1.29, 1.82) is 0 Å². The van der Waals surface area contributed by atoms with Gasteiger partial charge in [-0.2, -0.15) is 0 Å². The first-order valence-corrected chi connectivity index (χ1v) is 6.92. The van der Waals surface area contributed by atoms with Crippen LogP contribution in [-0.2, 0) is 0 Å². The van der Waals surface area contributed by atoms with E-state index in [4.69, 9.17) is 11.6 Å². The van der Waals surface area contributed by atoms with Gasteiger partial charge in [0, 0.05) is 16.7 Å². The third kappa shape index (κ3) is 2.89. The van der Waals surface area contributed by atoms with Gasteiger partial charge in [0.1, 0.15) is 5.82 Å². The molecule has 2 nitrogen and oxygen atoms in total. The van der Waals surface area contributed by atoms with E-state index in [0.29, 0.717) is 6.04 Å². The Morgan fingerprint density at radius 2 is 2.19 bits per heavy atom. The first-order valence-electron chi connectivity index (χ1n) is 5.69. The van der Waals surface area contributed by atoms with E-state index < -0.39 is 0 Å². The fourth-order valence-electron chi connectivity index (χ4n) is 2.12. The fourth-order valence-corrected chi connectivity index (χ4v) is 2.90. The Hall–Kier alpha value is -0.280. The summed E-state index contributed by atoms with van der Waals surface area (Å²) in [6.07, 6.45) is 6.58. The maximum absolute atomic E-state index is 6.32. The number of nitrogens with one attached hydrogen (secondary N) is 1. The third-order valence-electron chi connectivity index (χ3n) is 3.05. The largest absolute Gasteiger partial charge is 0.366 e. The van der Waals surface area contributed by atoms with Crippen LogP contribution in [-0.4, -0.2) is 16.4 Å². The van der Waals surface area contributed by atoms with Crippen molar-refractivity contribution in [2.24, 2.45) is 0 Å². The second-order valence-electron chi connectivity index (χ2n) is 4.37. The molecule has 4 heteroatoms. The monoisotopic (exact) mass is 302 g/mol. The Labute approximate surface area is 110 Å². The van der Waals surface area contributed by atoms with Crippen molar-refractivity contribution in [3.63, 3.8) is 0 Å². The van der Waals surface area contributed by atoms with Crippen molar-refractivity contribution >= 4 is 33.3 Å². The van der Waals surface area contributed by atoms with Crippen LogP contribution in [0.25, 0.3) is 0 Å². The van der Waals surface area contributed by atoms with Crippen molar-refractivity contribution in [3.05, 3.63) is 22.3 Å². The average Bonchev–Trinajstić information content (AvgIpc) is 2.25. The van der Waals surface area contributed by atoms with E-state index in [-0.39, 0.29) is 5.38 Å². The highest BCUT2D eigenvalue weighted by Crippen LogP contribution is 2.27. The molecular formula is C12H16BrClN2. The molecule has 88 valence electrons. The van der Waals surface area contributed by atoms with Crippen LogP contribution >= 0.6 is 27.5 Å². The molecule has 1 saturated carbocycles. The smallest absolute Gasteiger partial charge is 0.129 e. The van der Waals surface area contributed by atoms with E-state index in [1.54, 1.807) is 0 Å². The number of hydrogen-bond donors (Lipinski definition) is 1. The summed E-state index contributed by atoms with van der Waals surface area (Å²) < 4.78 is 1.02. The Kier molecular flexibility index (Phi) is 4.09. The van der Waals surface area contributed by atoms with E-state index >= 15 is 0 Å². The molecule has 0 aromatic carbocycles. The highest BCUT2D eigenvalue weighted by Gasteiger charge is 2.23. The van der Waals surface area contributed by atoms with E-state index in [2.05, 4.69) is 39.2 Å². The summed E-state index contributed by atoms with van der Waals surface area (Å²) in [5.41, 5.74) is 1.16. The number of aryl methyl sites for hydroxylation is 1. The number of alkyl halides is 1. The van der Waals surface area contributed by atoms with Crippen LogP contribution in [0.15, 0.2) is 16.7 Å². The zero-order valence-corrected chi connectivity index (χ0v) is 11.7. The Morgan fingerprint density at radius 3 is 2.88 bits per heavy atom. The zero-order chi connectivity index (χ0) is 11.5. The van der Waals surface area contributed by atoms with E-state index in [1.165, 1.54) is 12.8 Å². The molecule has 1 aliphatic carbocycles. The van der Waals surface area contributed by atoms with Crippen molar-refractivity contribution in [2.75, 3.05) is 5.32 Å². The van der Waals surface area contributed by atoms with Crippen molar-refractivity contribution in [3.8, 4) is 0 Å². The molecule has 0 saturated heterocycles. The van der Waals surface area contributed by atoms with Crippen molar-refractivity contribution in [1.82, 2.24) is 4.98 Å². The summed E-state index contributed by atoms with van der Waals surface area (Å²) in [5, 5.41) is 3.70. The minimum absolute atomic E-state index is 0.235. The Balaban J connectivity index is 2.07. The predicted molar refractivity (Wildman–Crippen MR) is 72.2 cm³/mol. The second-order valence-corrected chi connectivity index (χ2v) is 5.85. The topological polar surface area (TPSA) is 24.9 Å². The van der Waals surface area contributed by atoms with Gasteiger partial charge in [-0.25, -0.2) is 4.98 Å². The summed E-state index contributed by atoms with van der Waals surface area (Å²) >= 11 is 9.73. The number of rotatable bonds is 2. The average molecular weight is 304 g/mol. The minimum Gasteiger partial charge on any atom is -0.366 e. The predicted octanol–water partition coefficient (Wildman–Crippen LogP) is 4.11. The highest BCUT2D eigenvalue weighted by atomic mass is 79.9. The fraction of sp³-hybridized carbons (Fsp3) is 0.583. The molecule has 1 aromatic rings. The zero-order valence-electron chi connectivity index (χ0n) is 9.34. The van der Waals surface area contributed by atoms with Gasteiger partial charge in [-0.15, -0.1) is 11.6 Å². The van der Waals surface area contributed by atoms with Crippen LogP contribution in [0.4, 0.5) is 5.82 Å². The summed E-state index contributed by atoms with van der Waals surface area (Å²) in [6.45, 7) is 2.06. The van der Waals surface area contributed by atoms with Gasteiger partial charge in [0.25, 0.3) is 0 Å². The Morgan fingerprint density at radius 1 is 1.44 bits per heavy atom. The van der Waals surface area contributed by atoms with Gasteiger partial charge in [-0.3, -0.25) is 0 Å². The molecule has 2 rings (SSSR count). The molecule has 1 fully saturated rings. The molecule has 2 unspecified atom stereocenters. The minimum atomic E-state index is 0.235. The molecule has 0 radical (unpaired) electrons. The number of anilines is 1. The summed E-state index contributed by atoms with van der Waals surface area (Å²) in [4.78, 5) is 4.39. The first-order chi connectivity index (χ1) is 7.66. The lowest BCUT2D eigenvalue weighted by atomic mass is 9.95. The van der Waals surface area contributed by atoms with Gasteiger partial charge in [0.05, 0.1) is 5.38 Å². The second kappa shape index (κ2) is 5.37. The van der Waals surface area contributed by atoms with Gasteiger partial charge in [-0.05, 0) is 47.3 Å². The molecule has 0 spiro atoms. The van der Waals surface area contributed by atoms with Crippen LogP contribution in [0.3, 0.4) is 0 Å². The molecule has 0 amide bonds. The van der Waals surface area contributed by atoms with Gasteiger partial charge in [-0.1, -0.05) is 12.8 Å². The molecule has 16 heavy (non-hydrogen) atoms. The molecular weight excluding hydrogens is 288 g/mol. The SMILES string of the molecule is Cc1cc(Br)cnc1NC1CCCCC1Cl. The van der Waals surface area contributed by atoms with Crippen LogP contribution in [0.1, 0.15) is 31.2 Å². The highest BCUT2D eigenvalue weighted by molar-refractivity contribution is 9.10. The van der Waals surface area contributed by atoms with E-state index in [0.717, 1.165) is 28.7 Å². The third-order valence-corrected chi connectivity index (χ3v) is 4.00. The summed E-state index contributed by atoms with van der Waals surface area (Å²) in [7, 11) is 0. The maximum atomic E-state index is 6.32. The number of pyridine rings is 1. The van der Waals surface area contributed by atoms with Crippen LogP contribution in [0, 0.1) is 6.92 Å². The normalized spacial score (nSPS) is 25.4. The lowest BCUT2D eigenvalue weighted by Gasteiger charge is -2.28. The van der Waals surface area contributed by atoms with Crippen molar-refractivity contribution in [2.45, 2.75) is 44.0 Å². The number of hydrogen-bond acceptors (Lipinski definition) is 2. The van der Waals surface area contributed by atoms with Crippen LogP contribution in [0.5, 0.6) is 0 Å². The molecule has 1 aromatic heterocycles. The standard InChI is InChI=1S/C12H16BrClN2/c1-8-6-9(13)7-15-12(8)16-11-5-3-2-4-10(11)14/h6-7,10-11H,2-5H2,1H3,(H,15,16). The van der Waals surface area contributed by atoms with Gasteiger partial charge >= 0.3 is 0 Å². The van der Waals surface area contributed by atoms with Gasteiger partial charge in [0.15, 0.2) is 0 Å². The summed E-state index contributed by atoms with van der Waals surface area (Å²) in [5.74, 6) is 0.959.